The van der Waals surface area contributed by atoms with Crippen LogP contribution in [0.15, 0.2) is 42.5 Å². The van der Waals surface area contributed by atoms with Crippen molar-refractivity contribution >= 4 is 35.0 Å². The molecule has 1 fully saturated rings. The maximum Gasteiger partial charge on any atom is 0.243 e. The summed E-state index contributed by atoms with van der Waals surface area (Å²) in [6.45, 7) is 4.25. The molecule has 6 heteroatoms. The first-order valence-corrected chi connectivity index (χ1v) is 11.7. The fraction of sp³-hybridized carbons (Fsp3) is 0.440. The molecule has 166 valence electrons. The second-order valence-corrected chi connectivity index (χ2v) is 9.16. The summed E-state index contributed by atoms with van der Waals surface area (Å²) in [6.07, 6.45) is 5.08. The SMILES string of the molecule is CCC(C(=O)NC1CCCC1)N(Cc1ccc(Cl)c(Cl)c1)C(=O)Cc1cccc(C)c1. The third kappa shape index (κ3) is 6.47. The topological polar surface area (TPSA) is 49.4 Å². The van der Waals surface area contributed by atoms with Gasteiger partial charge < -0.3 is 10.2 Å². The number of rotatable bonds is 8. The van der Waals surface area contributed by atoms with Crippen LogP contribution in [-0.4, -0.2) is 28.8 Å². The van der Waals surface area contributed by atoms with Gasteiger partial charge in [0.1, 0.15) is 6.04 Å². The molecule has 1 aliphatic carbocycles. The maximum absolute atomic E-state index is 13.4. The fourth-order valence-corrected chi connectivity index (χ4v) is 4.54. The van der Waals surface area contributed by atoms with Gasteiger partial charge in [0.05, 0.1) is 16.5 Å². The highest BCUT2D eigenvalue weighted by Gasteiger charge is 2.30. The molecule has 0 spiro atoms. The van der Waals surface area contributed by atoms with Crippen molar-refractivity contribution in [2.24, 2.45) is 0 Å². The molecule has 0 aliphatic heterocycles. The van der Waals surface area contributed by atoms with Crippen molar-refractivity contribution in [1.82, 2.24) is 10.2 Å². The third-order valence-electron chi connectivity index (χ3n) is 5.86. The summed E-state index contributed by atoms with van der Waals surface area (Å²) >= 11 is 12.3. The Kier molecular flexibility index (Phi) is 8.39. The Labute approximate surface area is 194 Å². The molecule has 2 amide bonds. The van der Waals surface area contributed by atoms with Gasteiger partial charge in [-0.15, -0.1) is 0 Å². The predicted octanol–water partition coefficient (Wildman–Crippen LogP) is 5.71. The summed E-state index contributed by atoms with van der Waals surface area (Å²) in [4.78, 5) is 28.2. The van der Waals surface area contributed by atoms with E-state index in [1.54, 1.807) is 17.0 Å². The smallest absolute Gasteiger partial charge is 0.243 e. The Morgan fingerprint density at radius 2 is 1.81 bits per heavy atom. The first-order valence-electron chi connectivity index (χ1n) is 11.0. The van der Waals surface area contributed by atoms with Crippen LogP contribution in [0.1, 0.15) is 55.7 Å². The van der Waals surface area contributed by atoms with Crippen LogP contribution in [-0.2, 0) is 22.6 Å². The van der Waals surface area contributed by atoms with Gasteiger partial charge in [-0.2, -0.15) is 0 Å². The molecule has 0 bridgehead atoms. The van der Waals surface area contributed by atoms with Gasteiger partial charge in [-0.3, -0.25) is 9.59 Å². The number of benzene rings is 2. The molecule has 2 aromatic carbocycles. The summed E-state index contributed by atoms with van der Waals surface area (Å²) in [6, 6.07) is 12.9. The van der Waals surface area contributed by atoms with Crippen molar-refractivity contribution in [3.8, 4) is 0 Å². The Bertz CT molecular complexity index is 925. The second-order valence-electron chi connectivity index (χ2n) is 8.35. The number of halogens is 2. The molecule has 0 radical (unpaired) electrons. The minimum atomic E-state index is -0.535. The second kappa shape index (κ2) is 11.0. The van der Waals surface area contributed by atoms with Gasteiger partial charge in [-0.1, -0.05) is 78.9 Å². The lowest BCUT2D eigenvalue weighted by Crippen LogP contribution is -2.51. The van der Waals surface area contributed by atoms with E-state index in [-0.39, 0.29) is 24.3 Å². The number of nitrogens with one attached hydrogen (secondary N) is 1. The minimum Gasteiger partial charge on any atom is -0.352 e. The van der Waals surface area contributed by atoms with Gasteiger partial charge in [0.15, 0.2) is 0 Å². The number of hydrogen-bond acceptors (Lipinski definition) is 2. The largest absolute Gasteiger partial charge is 0.352 e. The van der Waals surface area contributed by atoms with Gasteiger partial charge in [0, 0.05) is 12.6 Å². The summed E-state index contributed by atoms with van der Waals surface area (Å²) in [7, 11) is 0. The van der Waals surface area contributed by atoms with Crippen LogP contribution in [0.4, 0.5) is 0 Å². The molecule has 31 heavy (non-hydrogen) atoms. The van der Waals surface area contributed by atoms with Crippen molar-refractivity contribution < 1.29 is 9.59 Å². The van der Waals surface area contributed by atoms with E-state index in [0.717, 1.165) is 42.4 Å². The molecule has 2 aromatic rings. The van der Waals surface area contributed by atoms with Crippen LogP contribution in [0.25, 0.3) is 0 Å². The van der Waals surface area contributed by atoms with E-state index < -0.39 is 6.04 Å². The molecular formula is C25H30Cl2N2O2. The van der Waals surface area contributed by atoms with Crippen LogP contribution in [0.3, 0.4) is 0 Å². The number of hydrogen-bond donors (Lipinski definition) is 1. The van der Waals surface area contributed by atoms with E-state index in [1.165, 1.54) is 0 Å². The van der Waals surface area contributed by atoms with Crippen LogP contribution >= 0.6 is 23.2 Å². The van der Waals surface area contributed by atoms with Gasteiger partial charge in [0.25, 0.3) is 0 Å². The quantitative estimate of drug-likeness (QED) is 0.548. The Balaban J connectivity index is 1.84. The lowest BCUT2D eigenvalue weighted by molar-refractivity contribution is -0.141. The fourth-order valence-electron chi connectivity index (χ4n) is 4.22. The Morgan fingerprint density at radius 1 is 1.06 bits per heavy atom. The van der Waals surface area contributed by atoms with Gasteiger partial charge in [0.2, 0.25) is 11.8 Å². The van der Waals surface area contributed by atoms with E-state index >= 15 is 0 Å². The zero-order chi connectivity index (χ0) is 22.4. The zero-order valence-electron chi connectivity index (χ0n) is 18.2. The van der Waals surface area contributed by atoms with Crippen LogP contribution < -0.4 is 5.32 Å². The van der Waals surface area contributed by atoms with E-state index in [2.05, 4.69) is 5.32 Å². The van der Waals surface area contributed by atoms with Crippen molar-refractivity contribution in [3.05, 3.63) is 69.2 Å². The third-order valence-corrected chi connectivity index (χ3v) is 6.60. The van der Waals surface area contributed by atoms with Crippen molar-refractivity contribution in [3.63, 3.8) is 0 Å². The summed E-state index contributed by atoms with van der Waals surface area (Å²) in [5.74, 6) is -0.155. The number of aryl methyl sites for hydroxylation is 1. The molecule has 1 aliphatic rings. The zero-order valence-corrected chi connectivity index (χ0v) is 19.7. The molecule has 1 unspecified atom stereocenters. The number of carbonyl (C=O) groups is 2. The lowest BCUT2D eigenvalue weighted by Gasteiger charge is -2.31. The molecule has 1 N–H and O–H groups in total. The molecule has 0 saturated heterocycles. The Morgan fingerprint density at radius 3 is 2.45 bits per heavy atom. The first kappa shape index (κ1) is 23.6. The van der Waals surface area contributed by atoms with Crippen LogP contribution in [0, 0.1) is 6.92 Å². The maximum atomic E-state index is 13.4. The van der Waals surface area contributed by atoms with Crippen LogP contribution in [0.5, 0.6) is 0 Å². The number of carbonyl (C=O) groups excluding carboxylic acids is 2. The van der Waals surface area contributed by atoms with Crippen LogP contribution in [0.2, 0.25) is 10.0 Å². The summed E-state index contributed by atoms with van der Waals surface area (Å²) in [5, 5.41) is 4.07. The molecule has 1 atom stereocenters. The molecule has 1 saturated carbocycles. The van der Waals surface area contributed by atoms with Crippen molar-refractivity contribution in [1.29, 1.82) is 0 Å². The summed E-state index contributed by atoms with van der Waals surface area (Å²) in [5.41, 5.74) is 2.89. The average molecular weight is 461 g/mol. The molecule has 0 heterocycles. The van der Waals surface area contributed by atoms with Gasteiger partial charge in [-0.25, -0.2) is 0 Å². The summed E-state index contributed by atoms with van der Waals surface area (Å²) < 4.78 is 0. The standard InChI is InChI=1S/C25H30Cl2N2O2/c1-3-23(25(31)28-20-9-4-5-10-20)29(16-19-11-12-21(26)22(27)14-19)24(30)15-18-8-6-7-17(2)13-18/h6-8,11-14,20,23H,3-5,9-10,15-16H2,1-2H3,(H,28,31). The molecule has 0 aromatic heterocycles. The first-order chi connectivity index (χ1) is 14.9. The van der Waals surface area contributed by atoms with Crippen molar-refractivity contribution in [2.45, 2.75) is 71.0 Å². The number of amides is 2. The predicted molar refractivity (Wildman–Crippen MR) is 126 cm³/mol. The molecule has 4 nitrogen and oxygen atoms in total. The van der Waals surface area contributed by atoms with E-state index in [0.29, 0.717) is 23.0 Å². The monoisotopic (exact) mass is 460 g/mol. The highest BCUT2D eigenvalue weighted by molar-refractivity contribution is 6.42. The van der Waals surface area contributed by atoms with E-state index in [1.807, 2.05) is 44.2 Å². The van der Waals surface area contributed by atoms with E-state index in [9.17, 15) is 9.59 Å². The normalized spacial score (nSPS) is 15.0. The molecule has 3 rings (SSSR count). The minimum absolute atomic E-state index is 0.0768. The van der Waals surface area contributed by atoms with Crippen molar-refractivity contribution in [2.75, 3.05) is 0 Å². The molecular weight excluding hydrogens is 431 g/mol. The van der Waals surface area contributed by atoms with Gasteiger partial charge >= 0.3 is 0 Å². The van der Waals surface area contributed by atoms with E-state index in [4.69, 9.17) is 23.2 Å². The number of nitrogens with zero attached hydrogens (tertiary/aromatic N) is 1. The Hall–Kier alpha value is -2.04. The highest BCUT2D eigenvalue weighted by atomic mass is 35.5. The lowest BCUT2D eigenvalue weighted by atomic mass is 10.0. The van der Waals surface area contributed by atoms with Gasteiger partial charge in [-0.05, 0) is 49.4 Å². The average Bonchev–Trinajstić information content (AvgIpc) is 3.23. The highest BCUT2D eigenvalue weighted by Crippen LogP contribution is 2.25.